The zero-order valence-corrected chi connectivity index (χ0v) is 10.0. The van der Waals surface area contributed by atoms with Gasteiger partial charge in [0.05, 0.1) is 25.6 Å². The van der Waals surface area contributed by atoms with Gasteiger partial charge in [-0.1, -0.05) is 0 Å². The summed E-state index contributed by atoms with van der Waals surface area (Å²) in [6.07, 6.45) is 3.65. The van der Waals surface area contributed by atoms with E-state index in [1.165, 1.54) is 0 Å². The highest BCUT2D eigenvalue weighted by Crippen LogP contribution is 1.99. The van der Waals surface area contributed by atoms with Crippen LogP contribution in [0.3, 0.4) is 0 Å². The lowest BCUT2D eigenvalue weighted by Gasteiger charge is -2.04. The molecule has 0 aliphatic rings. The summed E-state index contributed by atoms with van der Waals surface area (Å²) in [6.45, 7) is 1.69. The highest BCUT2D eigenvalue weighted by Gasteiger charge is 2.02. The van der Waals surface area contributed by atoms with Gasteiger partial charge in [-0.25, -0.2) is 0 Å². The van der Waals surface area contributed by atoms with Crippen molar-refractivity contribution in [1.29, 1.82) is 0 Å². The summed E-state index contributed by atoms with van der Waals surface area (Å²) < 4.78 is 10.3. The first-order chi connectivity index (χ1) is 8.84. The van der Waals surface area contributed by atoms with Crippen molar-refractivity contribution >= 4 is 5.91 Å². The molecule has 0 fully saturated rings. The van der Waals surface area contributed by atoms with E-state index in [9.17, 15) is 4.79 Å². The molecule has 0 atom stereocenters. The Morgan fingerprint density at radius 2 is 1.72 bits per heavy atom. The van der Waals surface area contributed by atoms with E-state index in [0.717, 1.165) is 11.5 Å². The van der Waals surface area contributed by atoms with Gasteiger partial charge in [-0.05, 0) is 24.3 Å². The third kappa shape index (κ3) is 4.10. The lowest BCUT2D eigenvalue weighted by atomic mass is 10.3. The van der Waals surface area contributed by atoms with Gasteiger partial charge in [0.25, 0.3) is 0 Å². The van der Waals surface area contributed by atoms with Gasteiger partial charge >= 0.3 is 0 Å². The van der Waals surface area contributed by atoms with Gasteiger partial charge in [-0.2, -0.15) is 0 Å². The highest BCUT2D eigenvalue weighted by molar-refractivity contribution is 5.75. The largest absolute Gasteiger partial charge is 0.468 e. The maximum absolute atomic E-state index is 11.5. The summed E-state index contributed by atoms with van der Waals surface area (Å²) in [7, 11) is 0. The first-order valence-electron chi connectivity index (χ1n) is 5.87. The average Bonchev–Trinajstić information content (AvgIpc) is 3.04. The number of carbonyl (C=O) groups excluding carboxylic acids is 1. The van der Waals surface area contributed by atoms with Crippen LogP contribution in [0.25, 0.3) is 0 Å². The third-order valence-corrected chi connectivity index (χ3v) is 2.45. The monoisotopic (exact) mass is 248 g/mol. The van der Waals surface area contributed by atoms with E-state index < -0.39 is 0 Å². The molecule has 0 aliphatic heterocycles. The molecule has 0 radical (unpaired) electrons. The molecule has 5 heteroatoms. The molecule has 0 bridgehead atoms. The lowest BCUT2D eigenvalue weighted by molar-refractivity contribution is -0.121. The Kier molecular flexibility index (Phi) is 4.60. The molecule has 0 saturated carbocycles. The fourth-order valence-corrected chi connectivity index (χ4v) is 1.51. The molecule has 2 aromatic heterocycles. The van der Waals surface area contributed by atoms with Crippen LogP contribution < -0.4 is 10.6 Å². The average molecular weight is 248 g/mol. The standard InChI is InChI=1S/C13H16N2O3/c16-13(15-10-12-4-2-8-18-12)5-6-14-9-11-3-1-7-17-11/h1-4,7-8,14H,5-6,9-10H2,(H,15,16). The predicted molar refractivity (Wildman–Crippen MR) is 65.6 cm³/mol. The Balaban J connectivity index is 1.55. The van der Waals surface area contributed by atoms with Crippen molar-refractivity contribution in [2.24, 2.45) is 0 Å². The topological polar surface area (TPSA) is 67.4 Å². The first kappa shape index (κ1) is 12.4. The van der Waals surface area contributed by atoms with Gasteiger partial charge in [-0.3, -0.25) is 4.79 Å². The second-order valence-corrected chi connectivity index (χ2v) is 3.86. The van der Waals surface area contributed by atoms with Crippen LogP contribution in [0.2, 0.25) is 0 Å². The second-order valence-electron chi connectivity index (χ2n) is 3.86. The molecule has 0 aromatic carbocycles. The summed E-state index contributed by atoms with van der Waals surface area (Å²) in [5.74, 6) is 1.62. The van der Waals surface area contributed by atoms with Gasteiger partial charge in [0.2, 0.25) is 5.91 Å². The van der Waals surface area contributed by atoms with Crippen molar-refractivity contribution < 1.29 is 13.6 Å². The van der Waals surface area contributed by atoms with Gasteiger partial charge < -0.3 is 19.5 Å². The summed E-state index contributed by atoms with van der Waals surface area (Å²) in [5, 5.41) is 5.92. The highest BCUT2D eigenvalue weighted by atomic mass is 16.3. The Hall–Kier alpha value is -2.01. The van der Waals surface area contributed by atoms with Crippen LogP contribution in [0, 0.1) is 0 Å². The summed E-state index contributed by atoms with van der Waals surface area (Å²) in [4.78, 5) is 11.5. The number of furan rings is 2. The van der Waals surface area contributed by atoms with Gasteiger partial charge in [0.15, 0.2) is 0 Å². The number of hydrogen-bond donors (Lipinski definition) is 2. The number of carbonyl (C=O) groups is 1. The molecular formula is C13H16N2O3. The van der Waals surface area contributed by atoms with Crippen molar-refractivity contribution in [3.8, 4) is 0 Å². The summed E-state index contributed by atoms with van der Waals surface area (Å²) in [5.41, 5.74) is 0. The van der Waals surface area contributed by atoms with E-state index in [4.69, 9.17) is 8.83 Å². The van der Waals surface area contributed by atoms with Gasteiger partial charge in [0, 0.05) is 13.0 Å². The fourth-order valence-electron chi connectivity index (χ4n) is 1.51. The number of amides is 1. The molecule has 96 valence electrons. The maximum Gasteiger partial charge on any atom is 0.221 e. The van der Waals surface area contributed by atoms with E-state index in [0.29, 0.717) is 26.1 Å². The quantitative estimate of drug-likeness (QED) is 0.731. The second kappa shape index (κ2) is 6.66. The van der Waals surface area contributed by atoms with Crippen molar-refractivity contribution in [3.05, 3.63) is 48.3 Å². The third-order valence-electron chi connectivity index (χ3n) is 2.45. The smallest absolute Gasteiger partial charge is 0.221 e. The Morgan fingerprint density at radius 1 is 1.06 bits per heavy atom. The molecule has 2 aromatic rings. The lowest BCUT2D eigenvalue weighted by Crippen LogP contribution is -2.26. The van der Waals surface area contributed by atoms with Crippen LogP contribution in [0.5, 0.6) is 0 Å². The van der Waals surface area contributed by atoms with Crippen molar-refractivity contribution in [2.45, 2.75) is 19.5 Å². The molecule has 2 rings (SSSR count). The molecule has 0 aliphatic carbocycles. The number of hydrogen-bond acceptors (Lipinski definition) is 4. The Bertz CT molecular complexity index is 449. The molecular weight excluding hydrogens is 232 g/mol. The van der Waals surface area contributed by atoms with Crippen molar-refractivity contribution in [3.63, 3.8) is 0 Å². The van der Waals surface area contributed by atoms with E-state index in [1.54, 1.807) is 18.6 Å². The molecule has 18 heavy (non-hydrogen) atoms. The summed E-state index contributed by atoms with van der Waals surface area (Å²) >= 11 is 0. The van der Waals surface area contributed by atoms with E-state index >= 15 is 0 Å². The van der Waals surface area contributed by atoms with Crippen molar-refractivity contribution in [2.75, 3.05) is 6.54 Å². The van der Waals surface area contributed by atoms with Crippen LogP contribution >= 0.6 is 0 Å². The minimum Gasteiger partial charge on any atom is -0.468 e. The molecule has 5 nitrogen and oxygen atoms in total. The zero-order valence-electron chi connectivity index (χ0n) is 10.0. The zero-order chi connectivity index (χ0) is 12.6. The summed E-state index contributed by atoms with van der Waals surface area (Å²) in [6, 6.07) is 7.36. The molecule has 0 spiro atoms. The first-order valence-corrected chi connectivity index (χ1v) is 5.87. The SMILES string of the molecule is O=C(CCNCc1ccco1)NCc1ccco1. The maximum atomic E-state index is 11.5. The van der Waals surface area contributed by atoms with E-state index in [-0.39, 0.29) is 5.91 Å². The number of nitrogens with one attached hydrogen (secondary N) is 2. The van der Waals surface area contributed by atoms with Crippen molar-refractivity contribution in [1.82, 2.24) is 10.6 Å². The normalized spacial score (nSPS) is 10.4. The molecule has 2 heterocycles. The van der Waals surface area contributed by atoms with E-state index in [2.05, 4.69) is 10.6 Å². The van der Waals surface area contributed by atoms with Gasteiger partial charge in [0.1, 0.15) is 11.5 Å². The van der Waals surface area contributed by atoms with Crippen LogP contribution in [-0.2, 0) is 17.9 Å². The predicted octanol–water partition coefficient (Wildman–Crippen LogP) is 1.67. The Labute approximate surface area is 105 Å². The van der Waals surface area contributed by atoms with Crippen LogP contribution in [0.4, 0.5) is 0 Å². The molecule has 0 unspecified atom stereocenters. The van der Waals surface area contributed by atoms with Crippen LogP contribution in [0.15, 0.2) is 45.6 Å². The van der Waals surface area contributed by atoms with Gasteiger partial charge in [-0.15, -0.1) is 0 Å². The van der Waals surface area contributed by atoms with Crippen LogP contribution in [0.1, 0.15) is 17.9 Å². The van der Waals surface area contributed by atoms with E-state index in [1.807, 2.05) is 18.2 Å². The molecule has 0 saturated heterocycles. The molecule has 2 N–H and O–H groups in total. The van der Waals surface area contributed by atoms with Crippen LogP contribution in [-0.4, -0.2) is 12.5 Å². The number of rotatable bonds is 7. The minimum atomic E-state index is -0.00153. The Morgan fingerprint density at radius 3 is 2.33 bits per heavy atom. The minimum absolute atomic E-state index is 0.00153. The molecule has 1 amide bonds. The fraction of sp³-hybridized carbons (Fsp3) is 0.308.